The Morgan fingerprint density at radius 2 is 2.23 bits per heavy atom. The molecule has 4 N–H and O–H groups in total. The molecule has 164 valence electrons. The number of nitrogens with one attached hydrogen (secondary N) is 1. The first-order chi connectivity index (χ1) is 13.8. The van der Waals surface area contributed by atoms with Gasteiger partial charge in [-0.2, -0.15) is 0 Å². The number of benzene rings is 1. The fraction of sp³-hybridized carbons (Fsp3) is 0.444. The van der Waals surface area contributed by atoms with Crippen LogP contribution in [0, 0.1) is 17.6 Å². The topological polar surface area (TPSA) is 119 Å². The number of nitrogens with zero attached hydrogens (tertiary/aromatic N) is 2. The van der Waals surface area contributed by atoms with Gasteiger partial charge in [-0.1, -0.05) is 0 Å². The van der Waals surface area contributed by atoms with Crippen LogP contribution >= 0.6 is 12.4 Å². The highest BCUT2D eigenvalue weighted by atomic mass is 35.5. The van der Waals surface area contributed by atoms with E-state index in [1.807, 2.05) is 0 Å². The van der Waals surface area contributed by atoms with Gasteiger partial charge in [-0.05, 0) is 12.5 Å². The molecule has 0 aliphatic carbocycles. The molecule has 2 aliphatic heterocycles. The SMILES string of the molecule is CNn1cc(OC(=O)O)c(=O)c2cc(F)c(N3CC4CCOC4(CN)C3)c(F)c21.Cl. The highest BCUT2D eigenvalue weighted by molar-refractivity contribution is 5.86. The number of pyridine rings is 1. The van der Waals surface area contributed by atoms with E-state index >= 15 is 4.39 Å². The van der Waals surface area contributed by atoms with Crippen LogP contribution in [-0.2, 0) is 4.74 Å². The molecule has 0 bridgehead atoms. The van der Waals surface area contributed by atoms with Gasteiger partial charge in [0.25, 0.3) is 0 Å². The minimum atomic E-state index is -1.71. The van der Waals surface area contributed by atoms with Gasteiger partial charge in [0.15, 0.2) is 5.82 Å². The Bertz CT molecular complexity index is 1070. The molecule has 0 amide bonds. The van der Waals surface area contributed by atoms with Gasteiger partial charge in [-0.3, -0.25) is 9.47 Å². The van der Waals surface area contributed by atoms with E-state index in [4.69, 9.17) is 15.6 Å². The molecular formula is C18H21ClF2N4O5. The normalized spacial score (nSPS) is 22.7. The van der Waals surface area contributed by atoms with Crippen molar-refractivity contribution < 1.29 is 28.2 Å². The van der Waals surface area contributed by atoms with E-state index in [-0.39, 0.29) is 48.0 Å². The Balaban J connectivity index is 0.00000256. The zero-order valence-corrected chi connectivity index (χ0v) is 16.8. The molecular weight excluding hydrogens is 426 g/mol. The molecule has 2 atom stereocenters. The number of hydrogen-bond donors (Lipinski definition) is 3. The van der Waals surface area contributed by atoms with Crippen molar-refractivity contribution in [3.63, 3.8) is 0 Å². The fourth-order valence-electron chi connectivity index (χ4n) is 4.35. The van der Waals surface area contributed by atoms with Crippen molar-refractivity contribution in [2.45, 2.75) is 12.0 Å². The maximum Gasteiger partial charge on any atom is 0.511 e. The van der Waals surface area contributed by atoms with Gasteiger partial charge in [0.2, 0.25) is 11.2 Å². The Morgan fingerprint density at radius 3 is 2.83 bits per heavy atom. The number of carboxylic acid groups (broad SMARTS) is 1. The average Bonchev–Trinajstić information content (AvgIpc) is 3.21. The second-order valence-corrected chi connectivity index (χ2v) is 7.18. The van der Waals surface area contributed by atoms with Crippen molar-refractivity contribution in [3.05, 3.63) is 34.1 Å². The monoisotopic (exact) mass is 446 g/mol. The van der Waals surface area contributed by atoms with Gasteiger partial charge >= 0.3 is 6.16 Å². The molecule has 9 nitrogen and oxygen atoms in total. The second kappa shape index (κ2) is 7.89. The standard InChI is InChI=1S/C18H20F2N4O5.ClH/c1-22-24-6-12(29-17(26)27)16(25)10-4-11(19)15(13(20)14(10)24)23-5-9-2-3-28-18(9,7-21)8-23;/h4,6,9,22H,2-3,5,7-8,21H2,1H3,(H,26,27);1H. The summed E-state index contributed by atoms with van der Waals surface area (Å²) in [7, 11) is 1.44. The van der Waals surface area contributed by atoms with Crippen molar-refractivity contribution in [3.8, 4) is 5.75 Å². The lowest BCUT2D eigenvalue weighted by molar-refractivity contribution is 0.0126. The van der Waals surface area contributed by atoms with Crippen LogP contribution in [-0.4, -0.2) is 54.8 Å². The summed E-state index contributed by atoms with van der Waals surface area (Å²) in [5.74, 6) is -2.40. The molecule has 0 spiro atoms. The smallest absolute Gasteiger partial charge is 0.449 e. The second-order valence-electron chi connectivity index (χ2n) is 7.18. The third kappa shape index (κ3) is 3.22. The number of halogens is 3. The predicted octanol–water partition coefficient (Wildman–Crippen LogP) is 1.49. The number of carbonyl (C=O) groups is 1. The Labute approximate surface area is 175 Å². The molecule has 1 aromatic heterocycles. The van der Waals surface area contributed by atoms with Crippen LogP contribution in [0.15, 0.2) is 17.1 Å². The lowest BCUT2D eigenvalue weighted by Crippen LogP contribution is -2.44. The Kier molecular flexibility index (Phi) is 5.81. The van der Waals surface area contributed by atoms with Gasteiger partial charge in [-0.15, -0.1) is 12.4 Å². The minimum absolute atomic E-state index is 0. The van der Waals surface area contributed by atoms with E-state index < -0.39 is 34.6 Å². The number of anilines is 1. The molecule has 1 aromatic carbocycles. The van der Waals surface area contributed by atoms with Crippen LogP contribution in [0.2, 0.25) is 0 Å². The first kappa shape index (κ1) is 22.1. The molecule has 2 saturated heterocycles. The summed E-state index contributed by atoms with van der Waals surface area (Å²) in [4.78, 5) is 24.9. The van der Waals surface area contributed by atoms with E-state index in [0.29, 0.717) is 13.2 Å². The van der Waals surface area contributed by atoms with Gasteiger partial charge in [0, 0.05) is 39.2 Å². The van der Waals surface area contributed by atoms with E-state index in [2.05, 4.69) is 10.2 Å². The Morgan fingerprint density at radius 1 is 1.50 bits per heavy atom. The van der Waals surface area contributed by atoms with Gasteiger partial charge < -0.3 is 30.6 Å². The zero-order valence-electron chi connectivity index (χ0n) is 16.0. The predicted molar refractivity (Wildman–Crippen MR) is 107 cm³/mol. The third-order valence-electron chi connectivity index (χ3n) is 5.72. The average molecular weight is 447 g/mol. The van der Waals surface area contributed by atoms with Gasteiger partial charge in [-0.25, -0.2) is 13.6 Å². The van der Waals surface area contributed by atoms with Gasteiger partial charge in [0.05, 0.1) is 11.6 Å². The van der Waals surface area contributed by atoms with Crippen LogP contribution in [0.25, 0.3) is 10.9 Å². The van der Waals surface area contributed by atoms with Crippen molar-refractivity contribution in [2.75, 3.05) is 43.6 Å². The van der Waals surface area contributed by atoms with E-state index in [0.717, 1.165) is 23.4 Å². The number of nitrogens with two attached hydrogens (primary N) is 1. The summed E-state index contributed by atoms with van der Waals surface area (Å²) < 4.78 is 41.8. The first-order valence-corrected chi connectivity index (χ1v) is 9.06. The fourth-order valence-corrected chi connectivity index (χ4v) is 4.35. The van der Waals surface area contributed by atoms with Gasteiger partial charge in [0.1, 0.15) is 22.6 Å². The molecule has 4 rings (SSSR count). The number of rotatable bonds is 4. The first-order valence-electron chi connectivity index (χ1n) is 9.06. The molecule has 0 radical (unpaired) electrons. The third-order valence-corrected chi connectivity index (χ3v) is 5.72. The molecule has 30 heavy (non-hydrogen) atoms. The van der Waals surface area contributed by atoms with E-state index in [9.17, 15) is 14.0 Å². The lowest BCUT2D eigenvalue weighted by atomic mass is 9.91. The largest absolute Gasteiger partial charge is 0.511 e. The molecule has 2 aromatic rings. The molecule has 3 heterocycles. The molecule has 2 unspecified atom stereocenters. The molecule has 0 saturated carbocycles. The van der Waals surface area contributed by atoms with Crippen LogP contribution in [0.3, 0.4) is 0 Å². The van der Waals surface area contributed by atoms with Crippen LogP contribution in [0.1, 0.15) is 6.42 Å². The summed E-state index contributed by atoms with van der Waals surface area (Å²) in [6.07, 6.45) is 0.0475. The molecule has 2 fully saturated rings. The van der Waals surface area contributed by atoms with Crippen LogP contribution < -0.4 is 26.2 Å². The lowest BCUT2D eigenvalue weighted by Gasteiger charge is -2.27. The minimum Gasteiger partial charge on any atom is -0.449 e. The summed E-state index contributed by atoms with van der Waals surface area (Å²) in [6.45, 7) is 1.41. The summed E-state index contributed by atoms with van der Waals surface area (Å²) in [6, 6.07) is 0.892. The summed E-state index contributed by atoms with van der Waals surface area (Å²) >= 11 is 0. The van der Waals surface area contributed by atoms with Crippen LogP contribution in [0.4, 0.5) is 19.3 Å². The van der Waals surface area contributed by atoms with Crippen molar-refractivity contribution in [1.29, 1.82) is 0 Å². The molecule has 2 aliphatic rings. The maximum absolute atomic E-state index is 15.5. The highest BCUT2D eigenvalue weighted by Gasteiger charge is 2.51. The van der Waals surface area contributed by atoms with Crippen molar-refractivity contribution in [2.24, 2.45) is 11.7 Å². The van der Waals surface area contributed by atoms with Crippen molar-refractivity contribution >= 4 is 35.2 Å². The van der Waals surface area contributed by atoms with E-state index in [1.54, 1.807) is 4.90 Å². The maximum atomic E-state index is 15.5. The number of ether oxygens (including phenoxy) is 2. The van der Waals surface area contributed by atoms with Crippen LogP contribution in [0.5, 0.6) is 5.75 Å². The summed E-state index contributed by atoms with van der Waals surface area (Å²) in [5.41, 5.74) is 6.44. The van der Waals surface area contributed by atoms with Crippen molar-refractivity contribution in [1.82, 2.24) is 4.68 Å². The number of aromatic nitrogens is 1. The van der Waals surface area contributed by atoms with E-state index in [1.165, 1.54) is 7.05 Å². The quantitative estimate of drug-likeness (QED) is 0.604. The Hall–Kier alpha value is -2.63. The zero-order chi connectivity index (χ0) is 20.9. The summed E-state index contributed by atoms with van der Waals surface area (Å²) in [5, 5.41) is 8.44. The number of hydrogen-bond acceptors (Lipinski definition) is 7. The molecule has 12 heteroatoms. The highest BCUT2D eigenvalue weighted by Crippen LogP contribution is 2.42. The number of fused-ring (bicyclic) bond motifs is 2.